The fourth-order valence-corrected chi connectivity index (χ4v) is 5.14. The zero-order valence-corrected chi connectivity index (χ0v) is 17.1. The second-order valence-corrected chi connectivity index (χ2v) is 9.33. The van der Waals surface area contributed by atoms with Crippen molar-refractivity contribution in [3.05, 3.63) is 22.8 Å². The summed E-state index contributed by atoms with van der Waals surface area (Å²) in [5.41, 5.74) is 1.93. The molecule has 0 bridgehead atoms. The molecule has 1 fully saturated rings. The van der Waals surface area contributed by atoms with E-state index in [1.807, 2.05) is 0 Å². The van der Waals surface area contributed by atoms with Crippen molar-refractivity contribution in [1.29, 1.82) is 0 Å². The largest absolute Gasteiger partial charge is 0.474 e. The highest BCUT2D eigenvalue weighted by molar-refractivity contribution is 7.18. The summed E-state index contributed by atoms with van der Waals surface area (Å²) in [7, 11) is 0. The third kappa shape index (κ3) is 3.46. The maximum absolute atomic E-state index is 6.47. The van der Waals surface area contributed by atoms with Crippen molar-refractivity contribution in [3.63, 3.8) is 0 Å². The minimum absolute atomic E-state index is 0.184. The molecule has 148 valence electrons. The molecule has 3 aromatic heterocycles. The van der Waals surface area contributed by atoms with Crippen molar-refractivity contribution in [2.24, 2.45) is 0 Å². The predicted octanol–water partition coefficient (Wildman–Crippen LogP) is 4.72. The Kier molecular flexibility index (Phi) is 4.47. The van der Waals surface area contributed by atoms with Gasteiger partial charge in [-0.3, -0.25) is 5.10 Å². The minimum Gasteiger partial charge on any atom is -0.474 e. The second kappa shape index (κ2) is 7.00. The number of hydrogen-bond acceptors (Lipinski definition) is 7. The zero-order valence-electron chi connectivity index (χ0n) is 16.2. The lowest BCUT2D eigenvalue weighted by Gasteiger charge is -2.30. The summed E-state index contributed by atoms with van der Waals surface area (Å²) in [4.78, 5) is 11.7. The Hall–Kier alpha value is -2.19. The molecule has 2 N–H and O–H groups in total. The molecule has 1 aliphatic heterocycles. The number of hydrogen-bond donors (Lipinski definition) is 2. The number of anilines is 2. The summed E-state index contributed by atoms with van der Waals surface area (Å²) in [5.74, 6) is 1.25. The van der Waals surface area contributed by atoms with Gasteiger partial charge in [0.1, 0.15) is 10.9 Å². The van der Waals surface area contributed by atoms with Crippen LogP contribution in [0.25, 0.3) is 10.2 Å². The number of aromatic amines is 1. The first kappa shape index (κ1) is 17.9. The summed E-state index contributed by atoms with van der Waals surface area (Å²) in [6.45, 7) is 4.89. The van der Waals surface area contributed by atoms with E-state index in [-0.39, 0.29) is 11.7 Å². The van der Waals surface area contributed by atoms with Crippen LogP contribution in [0.2, 0.25) is 0 Å². The summed E-state index contributed by atoms with van der Waals surface area (Å²) in [5, 5.41) is 11.1. The summed E-state index contributed by atoms with van der Waals surface area (Å²) >= 11 is 1.68. The maximum Gasteiger partial charge on any atom is 0.232 e. The Labute approximate surface area is 167 Å². The number of thiophene rings is 1. The van der Waals surface area contributed by atoms with Crippen LogP contribution in [0.3, 0.4) is 0 Å². The maximum atomic E-state index is 6.47. The van der Waals surface area contributed by atoms with E-state index in [1.54, 1.807) is 23.7 Å². The van der Waals surface area contributed by atoms with Gasteiger partial charge in [0.2, 0.25) is 11.8 Å². The standard InChI is InChI=1S/C20H25N5O2S/c1-20(2)8-14-15(11-26-20)28-18-16(14)17(27-13-6-4-3-5-7-13)24-19(25-18)23-12-9-21-22-10-12/h9-10,13H,3-8,11H2,1-2H3,(H,21,22)(H,23,24,25). The molecule has 0 saturated heterocycles. The Balaban J connectivity index is 1.58. The molecule has 5 rings (SSSR count). The van der Waals surface area contributed by atoms with E-state index in [4.69, 9.17) is 19.4 Å². The van der Waals surface area contributed by atoms with Crippen LogP contribution >= 0.6 is 11.3 Å². The van der Waals surface area contributed by atoms with Crippen LogP contribution in [0, 0.1) is 0 Å². The van der Waals surface area contributed by atoms with Gasteiger partial charge in [-0.1, -0.05) is 6.42 Å². The summed E-state index contributed by atoms with van der Waals surface area (Å²) in [6.07, 6.45) is 10.5. The monoisotopic (exact) mass is 399 g/mol. The van der Waals surface area contributed by atoms with Gasteiger partial charge in [0.25, 0.3) is 0 Å². The van der Waals surface area contributed by atoms with Crippen LogP contribution in [0.5, 0.6) is 5.88 Å². The van der Waals surface area contributed by atoms with Crippen molar-refractivity contribution < 1.29 is 9.47 Å². The van der Waals surface area contributed by atoms with Gasteiger partial charge in [0, 0.05) is 17.5 Å². The first-order valence-corrected chi connectivity index (χ1v) is 10.8. The molecule has 3 aromatic rings. The highest BCUT2D eigenvalue weighted by Gasteiger charge is 2.32. The van der Waals surface area contributed by atoms with Crippen molar-refractivity contribution in [2.75, 3.05) is 5.32 Å². The van der Waals surface area contributed by atoms with Gasteiger partial charge in [-0.2, -0.15) is 10.1 Å². The molecular weight excluding hydrogens is 374 g/mol. The Morgan fingerprint density at radius 3 is 2.89 bits per heavy atom. The fraction of sp³-hybridized carbons (Fsp3) is 0.550. The molecule has 8 heteroatoms. The van der Waals surface area contributed by atoms with E-state index in [0.717, 1.165) is 35.2 Å². The van der Waals surface area contributed by atoms with Crippen LogP contribution in [0.1, 0.15) is 56.4 Å². The molecule has 0 spiro atoms. The lowest BCUT2D eigenvalue weighted by molar-refractivity contribution is -0.0379. The topological polar surface area (TPSA) is 85.0 Å². The van der Waals surface area contributed by atoms with E-state index >= 15 is 0 Å². The third-order valence-electron chi connectivity index (χ3n) is 5.48. The van der Waals surface area contributed by atoms with Crippen LogP contribution in [0.4, 0.5) is 11.6 Å². The normalized spacial score (nSPS) is 19.5. The highest BCUT2D eigenvalue weighted by Crippen LogP contribution is 2.42. The highest BCUT2D eigenvalue weighted by atomic mass is 32.1. The lowest BCUT2D eigenvalue weighted by Crippen LogP contribution is -2.31. The summed E-state index contributed by atoms with van der Waals surface area (Å²) in [6, 6.07) is 0. The number of H-pyrrole nitrogens is 1. The SMILES string of the molecule is CC1(C)Cc2c(sc3nc(Nc4cn[nH]c4)nc(OC4CCCCC4)c23)CO1. The molecule has 0 radical (unpaired) electrons. The van der Waals surface area contributed by atoms with E-state index < -0.39 is 0 Å². The molecule has 0 amide bonds. The number of aromatic nitrogens is 4. The van der Waals surface area contributed by atoms with Crippen molar-refractivity contribution in [3.8, 4) is 5.88 Å². The van der Waals surface area contributed by atoms with Gasteiger partial charge in [-0.25, -0.2) is 4.98 Å². The first-order chi connectivity index (χ1) is 13.6. The lowest BCUT2D eigenvalue weighted by atomic mass is 9.94. The van der Waals surface area contributed by atoms with Crippen molar-refractivity contribution in [2.45, 2.75) is 70.7 Å². The predicted molar refractivity (Wildman–Crippen MR) is 109 cm³/mol. The second-order valence-electron chi connectivity index (χ2n) is 8.25. The molecule has 1 saturated carbocycles. The Bertz CT molecular complexity index is 976. The summed E-state index contributed by atoms with van der Waals surface area (Å²) < 4.78 is 12.5. The average Bonchev–Trinajstić information content (AvgIpc) is 3.29. The molecule has 7 nitrogen and oxygen atoms in total. The van der Waals surface area contributed by atoms with Crippen LogP contribution < -0.4 is 10.1 Å². The van der Waals surface area contributed by atoms with E-state index in [1.165, 1.54) is 29.7 Å². The fourth-order valence-electron chi connectivity index (χ4n) is 4.04. The zero-order chi connectivity index (χ0) is 19.1. The molecule has 28 heavy (non-hydrogen) atoms. The number of nitrogens with zero attached hydrogens (tertiary/aromatic N) is 3. The third-order valence-corrected chi connectivity index (χ3v) is 6.58. The first-order valence-electron chi connectivity index (χ1n) is 9.96. The molecule has 4 heterocycles. The molecule has 0 aromatic carbocycles. The smallest absolute Gasteiger partial charge is 0.232 e. The number of rotatable bonds is 4. The van der Waals surface area contributed by atoms with E-state index in [9.17, 15) is 0 Å². The Morgan fingerprint density at radius 1 is 1.25 bits per heavy atom. The quantitative estimate of drug-likeness (QED) is 0.660. The van der Waals surface area contributed by atoms with Gasteiger partial charge >= 0.3 is 0 Å². The molecule has 0 unspecified atom stereocenters. The van der Waals surface area contributed by atoms with Crippen LogP contribution in [0.15, 0.2) is 12.4 Å². The van der Waals surface area contributed by atoms with Crippen LogP contribution in [-0.4, -0.2) is 31.9 Å². The number of ether oxygens (including phenoxy) is 2. The molecule has 0 atom stereocenters. The molecular formula is C20H25N5O2S. The van der Waals surface area contributed by atoms with Gasteiger partial charge in [-0.15, -0.1) is 11.3 Å². The van der Waals surface area contributed by atoms with E-state index in [2.05, 4.69) is 29.4 Å². The number of fused-ring (bicyclic) bond motifs is 3. The van der Waals surface area contributed by atoms with Gasteiger partial charge in [0.05, 0.1) is 29.5 Å². The average molecular weight is 400 g/mol. The van der Waals surface area contributed by atoms with Crippen molar-refractivity contribution in [1.82, 2.24) is 20.2 Å². The molecule has 2 aliphatic rings. The van der Waals surface area contributed by atoms with E-state index in [0.29, 0.717) is 18.4 Å². The molecule has 1 aliphatic carbocycles. The van der Waals surface area contributed by atoms with Gasteiger partial charge in [-0.05, 0) is 45.1 Å². The Morgan fingerprint density at radius 2 is 2.11 bits per heavy atom. The van der Waals surface area contributed by atoms with Gasteiger partial charge < -0.3 is 14.8 Å². The number of nitrogens with one attached hydrogen (secondary N) is 2. The van der Waals surface area contributed by atoms with Crippen molar-refractivity contribution >= 4 is 33.2 Å². The van der Waals surface area contributed by atoms with Gasteiger partial charge in [0.15, 0.2) is 0 Å². The minimum atomic E-state index is -0.184. The van der Waals surface area contributed by atoms with Crippen LogP contribution in [-0.2, 0) is 17.8 Å².